The predicted molar refractivity (Wildman–Crippen MR) is 92.7 cm³/mol. The number of benzene rings is 1. The molecule has 0 unspecified atom stereocenters. The van der Waals surface area contributed by atoms with Gasteiger partial charge in [-0.05, 0) is 43.4 Å². The summed E-state index contributed by atoms with van der Waals surface area (Å²) in [6, 6.07) is 8.52. The van der Waals surface area contributed by atoms with Crippen LogP contribution in [-0.2, 0) is 6.42 Å². The SMILES string of the molecule is O=C(NCCc1ccccc1F)c1cncc(N2CCCCC2)c1. The van der Waals surface area contributed by atoms with E-state index in [9.17, 15) is 9.18 Å². The molecule has 1 aromatic carbocycles. The van der Waals surface area contributed by atoms with Crippen LogP contribution in [0.3, 0.4) is 0 Å². The second-order valence-corrected chi connectivity index (χ2v) is 6.08. The van der Waals surface area contributed by atoms with E-state index in [1.165, 1.54) is 25.3 Å². The maximum atomic E-state index is 13.6. The van der Waals surface area contributed by atoms with Gasteiger partial charge in [0.05, 0.1) is 17.4 Å². The quantitative estimate of drug-likeness (QED) is 0.917. The first kappa shape index (κ1) is 16.4. The molecule has 1 amide bonds. The summed E-state index contributed by atoms with van der Waals surface area (Å²) >= 11 is 0. The molecule has 2 heterocycles. The van der Waals surface area contributed by atoms with Gasteiger partial charge in [-0.1, -0.05) is 18.2 Å². The molecule has 0 radical (unpaired) electrons. The van der Waals surface area contributed by atoms with E-state index in [4.69, 9.17) is 0 Å². The first-order valence-corrected chi connectivity index (χ1v) is 8.45. The number of carbonyl (C=O) groups is 1. The Hall–Kier alpha value is -2.43. The lowest BCUT2D eigenvalue weighted by molar-refractivity contribution is 0.0953. The van der Waals surface area contributed by atoms with Gasteiger partial charge in [0, 0.05) is 25.8 Å². The number of anilines is 1. The minimum atomic E-state index is -0.236. The van der Waals surface area contributed by atoms with Crippen molar-refractivity contribution in [1.29, 1.82) is 0 Å². The first-order chi connectivity index (χ1) is 11.7. The maximum Gasteiger partial charge on any atom is 0.252 e. The lowest BCUT2D eigenvalue weighted by Crippen LogP contribution is -2.30. The van der Waals surface area contributed by atoms with Crippen molar-refractivity contribution >= 4 is 11.6 Å². The highest BCUT2D eigenvalue weighted by atomic mass is 19.1. The molecule has 126 valence electrons. The van der Waals surface area contributed by atoms with Gasteiger partial charge in [-0.25, -0.2) is 4.39 Å². The van der Waals surface area contributed by atoms with E-state index in [1.807, 2.05) is 6.07 Å². The van der Waals surface area contributed by atoms with Crippen LogP contribution in [0.5, 0.6) is 0 Å². The molecule has 0 bridgehead atoms. The number of halogens is 1. The monoisotopic (exact) mass is 327 g/mol. The molecule has 0 aliphatic carbocycles. The zero-order valence-electron chi connectivity index (χ0n) is 13.7. The summed E-state index contributed by atoms with van der Waals surface area (Å²) in [5.74, 6) is -0.404. The molecule has 0 atom stereocenters. The molecule has 5 heteroatoms. The summed E-state index contributed by atoms with van der Waals surface area (Å²) in [6.45, 7) is 2.42. The van der Waals surface area contributed by atoms with Crippen molar-refractivity contribution in [3.8, 4) is 0 Å². The lowest BCUT2D eigenvalue weighted by atomic mass is 10.1. The van der Waals surface area contributed by atoms with Gasteiger partial charge < -0.3 is 10.2 Å². The summed E-state index contributed by atoms with van der Waals surface area (Å²) in [7, 11) is 0. The number of hydrogen-bond donors (Lipinski definition) is 1. The fourth-order valence-corrected chi connectivity index (χ4v) is 2.99. The predicted octanol–water partition coefficient (Wildman–Crippen LogP) is 3.18. The van der Waals surface area contributed by atoms with Gasteiger partial charge in [0.1, 0.15) is 5.82 Å². The number of piperidine rings is 1. The largest absolute Gasteiger partial charge is 0.370 e. The Kier molecular flexibility index (Phi) is 5.41. The van der Waals surface area contributed by atoms with Gasteiger partial charge in [-0.3, -0.25) is 9.78 Å². The number of carbonyl (C=O) groups excluding carboxylic acids is 1. The van der Waals surface area contributed by atoms with E-state index in [0.29, 0.717) is 24.1 Å². The Morgan fingerprint density at radius 3 is 2.75 bits per heavy atom. The van der Waals surface area contributed by atoms with Crippen LogP contribution in [0, 0.1) is 5.82 Å². The number of nitrogens with one attached hydrogen (secondary N) is 1. The number of nitrogens with zero attached hydrogens (tertiary/aromatic N) is 2. The average Bonchev–Trinajstić information content (AvgIpc) is 2.64. The summed E-state index contributed by atoms with van der Waals surface area (Å²) in [5.41, 5.74) is 2.15. The molecule has 4 nitrogen and oxygen atoms in total. The zero-order chi connectivity index (χ0) is 16.8. The fraction of sp³-hybridized carbons (Fsp3) is 0.368. The molecule has 1 aliphatic rings. The van der Waals surface area contributed by atoms with Gasteiger partial charge in [0.2, 0.25) is 0 Å². The highest BCUT2D eigenvalue weighted by molar-refractivity contribution is 5.94. The lowest BCUT2D eigenvalue weighted by Gasteiger charge is -2.28. The number of aromatic nitrogens is 1. The van der Waals surface area contributed by atoms with Crippen molar-refractivity contribution < 1.29 is 9.18 Å². The van der Waals surface area contributed by atoms with E-state index in [1.54, 1.807) is 30.6 Å². The Morgan fingerprint density at radius 1 is 1.17 bits per heavy atom. The van der Waals surface area contributed by atoms with Gasteiger partial charge in [0.15, 0.2) is 0 Å². The number of hydrogen-bond acceptors (Lipinski definition) is 3. The van der Waals surface area contributed by atoms with Crippen molar-refractivity contribution in [3.63, 3.8) is 0 Å². The van der Waals surface area contributed by atoms with Gasteiger partial charge in [0.25, 0.3) is 5.91 Å². The third-order valence-corrected chi connectivity index (χ3v) is 4.34. The van der Waals surface area contributed by atoms with Crippen molar-refractivity contribution in [2.45, 2.75) is 25.7 Å². The van der Waals surface area contributed by atoms with Gasteiger partial charge in [-0.15, -0.1) is 0 Å². The van der Waals surface area contributed by atoms with Gasteiger partial charge >= 0.3 is 0 Å². The first-order valence-electron chi connectivity index (χ1n) is 8.45. The third kappa shape index (κ3) is 4.10. The minimum absolute atomic E-state index is 0.169. The second-order valence-electron chi connectivity index (χ2n) is 6.08. The molecule has 1 saturated heterocycles. The Labute approximate surface area is 141 Å². The Bertz CT molecular complexity index is 699. The van der Waals surface area contributed by atoms with Gasteiger partial charge in [-0.2, -0.15) is 0 Å². The minimum Gasteiger partial charge on any atom is -0.370 e. The summed E-state index contributed by atoms with van der Waals surface area (Å²) in [5, 5.41) is 2.84. The third-order valence-electron chi connectivity index (χ3n) is 4.34. The smallest absolute Gasteiger partial charge is 0.252 e. The molecule has 1 fully saturated rings. The van der Waals surface area contributed by atoms with E-state index >= 15 is 0 Å². The van der Waals surface area contributed by atoms with E-state index in [2.05, 4.69) is 15.2 Å². The highest BCUT2D eigenvalue weighted by Gasteiger charge is 2.13. The second kappa shape index (κ2) is 7.90. The normalized spacial score (nSPS) is 14.5. The molecule has 1 aliphatic heterocycles. The molecule has 0 spiro atoms. The summed E-state index contributed by atoms with van der Waals surface area (Å²) in [4.78, 5) is 18.8. The molecular weight excluding hydrogens is 305 g/mol. The van der Waals surface area contributed by atoms with Crippen LogP contribution < -0.4 is 10.2 Å². The van der Waals surface area contributed by atoms with Crippen LogP contribution >= 0.6 is 0 Å². The Balaban J connectivity index is 1.57. The number of amides is 1. The standard InChI is InChI=1S/C19H22FN3O/c20-18-7-3-2-6-15(18)8-9-22-19(24)16-12-17(14-21-13-16)23-10-4-1-5-11-23/h2-3,6-7,12-14H,1,4-5,8-11H2,(H,22,24). The highest BCUT2D eigenvalue weighted by Crippen LogP contribution is 2.19. The molecule has 1 N–H and O–H groups in total. The van der Waals surface area contributed by atoms with E-state index < -0.39 is 0 Å². The number of pyridine rings is 1. The van der Waals surface area contributed by atoms with E-state index in [0.717, 1.165) is 18.8 Å². The van der Waals surface area contributed by atoms with Crippen LogP contribution in [0.2, 0.25) is 0 Å². The maximum absolute atomic E-state index is 13.6. The zero-order valence-corrected chi connectivity index (χ0v) is 13.7. The summed E-state index contributed by atoms with van der Waals surface area (Å²) in [6.07, 6.45) is 7.48. The van der Waals surface area contributed by atoms with Crippen LogP contribution in [0.15, 0.2) is 42.7 Å². The van der Waals surface area contributed by atoms with Crippen molar-refractivity contribution in [1.82, 2.24) is 10.3 Å². The van der Waals surface area contributed by atoms with Crippen LogP contribution in [0.4, 0.5) is 10.1 Å². The van der Waals surface area contributed by atoms with Crippen molar-refractivity contribution in [2.75, 3.05) is 24.5 Å². The summed E-state index contributed by atoms with van der Waals surface area (Å²) < 4.78 is 13.6. The topological polar surface area (TPSA) is 45.2 Å². The van der Waals surface area contributed by atoms with Crippen LogP contribution in [0.25, 0.3) is 0 Å². The van der Waals surface area contributed by atoms with Crippen molar-refractivity contribution in [3.05, 3.63) is 59.7 Å². The molecule has 0 saturated carbocycles. The number of rotatable bonds is 5. The Morgan fingerprint density at radius 2 is 1.96 bits per heavy atom. The fourth-order valence-electron chi connectivity index (χ4n) is 2.99. The van der Waals surface area contributed by atoms with Crippen LogP contribution in [0.1, 0.15) is 35.2 Å². The average molecular weight is 327 g/mol. The van der Waals surface area contributed by atoms with Crippen LogP contribution in [-0.4, -0.2) is 30.5 Å². The molecule has 1 aromatic heterocycles. The molecule has 2 aromatic rings. The van der Waals surface area contributed by atoms with Crippen molar-refractivity contribution in [2.24, 2.45) is 0 Å². The molecular formula is C19H22FN3O. The molecule has 3 rings (SSSR count). The molecule has 24 heavy (non-hydrogen) atoms. The van der Waals surface area contributed by atoms with E-state index in [-0.39, 0.29) is 11.7 Å².